The predicted molar refractivity (Wildman–Crippen MR) is 138 cm³/mol. The summed E-state index contributed by atoms with van der Waals surface area (Å²) in [5.41, 5.74) is 4.58. The fourth-order valence-corrected chi connectivity index (χ4v) is 5.58. The Balaban J connectivity index is 1.47. The van der Waals surface area contributed by atoms with Gasteiger partial charge in [-0.2, -0.15) is 0 Å². The van der Waals surface area contributed by atoms with Crippen molar-refractivity contribution < 1.29 is 4.79 Å². The van der Waals surface area contributed by atoms with Crippen molar-refractivity contribution in [3.8, 4) is 22.5 Å². The van der Waals surface area contributed by atoms with E-state index in [0.717, 1.165) is 60.9 Å². The molecule has 0 bridgehead atoms. The van der Waals surface area contributed by atoms with E-state index in [2.05, 4.69) is 71.4 Å². The summed E-state index contributed by atoms with van der Waals surface area (Å²) in [5.74, 6) is 1.43. The molecule has 0 aliphatic heterocycles. The Labute approximate surface area is 202 Å². The fraction of sp³-hybridized carbons (Fsp3) is 0.429. The van der Waals surface area contributed by atoms with E-state index in [1.165, 1.54) is 30.5 Å². The maximum Gasteiger partial charge on any atom is 0.223 e. The quantitative estimate of drug-likeness (QED) is 0.267. The summed E-state index contributed by atoms with van der Waals surface area (Å²) in [6.45, 7) is 3.89. The molecule has 1 aromatic heterocycles. The largest absolute Gasteiger partial charge is 0.356 e. The second kappa shape index (κ2) is 12.1. The Morgan fingerprint density at radius 1 is 1.00 bits per heavy atom. The molecule has 4 nitrogen and oxygen atoms in total. The number of benzene rings is 2. The highest BCUT2D eigenvalue weighted by Crippen LogP contribution is 2.36. The maximum absolute atomic E-state index is 12.4. The van der Waals surface area contributed by atoms with Gasteiger partial charge in [0.1, 0.15) is 0 Å². The Morgan fingerprint density at radius 2 is 1.67 bits per heavy atom. The highest BCUT2D eigenvalue weighted by Gasteiger charge is 2.21. The highest BCUT2D eigenvalue weighted by molar-refractivity contribution is 7.99. The van der Waals surface area contributed by atoms with Gasteiger partial charge in [-0.15, -0.1) is 0 Å². The van der Waals surface area contributed by atoms with E-state index in [9.17, 15) is 4.79 Å². The summed E-state index contributed by atoms with van der Waals surface area (Å²) in [6.07, 6.45) is 7.78. The van der Waals surface area contributed by atoms with E-state index >= 15 is 0 Å². The molecule has 5 heteroatoms. The SMILES string of the molecule is CCCn1c(SCCCNC(=O)C2CCCCC2)nc(-c2ccccc2)c1-c1ccccc1. The van der Waals surface area contributed by atoms with E-state index in [1.54, 1.807) is 11.8 Å². The monoisotopic (exact) mass is 461 g/mol. The number of hydrogen-bond acceptors (Lipinski definition) is 3. The van der Waals surface area contributed by atoms with Crippen LogP contribution in [-0.4, -0.2) is 27.8 Å². The zero-order valence-electron chi connectivity index (χ0n) is 19.6. The lowest BCUT2D eigenvalue weighted by Gasteiger charge is -2.20. The zero-order valence-corrected chi connectivity index (χ0v) is 20.4. The Hall–Kier alpha value is -2.53. The van der Waals surface area contributed by atoms with Crippen molar-refractivity contribution in [3.05, 3.63) is 60.7 Å². The number of nitrogens with one attached hydrogen (secondary N) is 1. The molecule has 1 aliphatic carbocycles. The summed E-state index contributed by atoms with van der Waals surface area (Å²) in [7, 11) is 0. The lowest BCUT2D eigenvalue weighted by Crippen LogP contribution is -2.32. The second-order valence-corrected chi connectivity index (χ2v) is 9.87. The first-order chi connectivity index (χ1) is 16.3. The van der Waals surface area contributed by atoms with Crippen LogP contribution in [0.2, 0.25) is 0 Å². The van der Waals surface area contributed by atoms with E-state index in [0.29, 0.717) is 0 Å². The summed E-state index contributed by atoms with van der Waals surface area (Å²) >= 11 is 1.80. The van der Waals surface area contributed by atoms with Gasteiger partial charge in [0, 0.05) is 35.9 Å². The molecule has 3 aromatic rings. The van der Waals surface area contributed by atoms with E-state index in [-0.39, 0.29) is 11.8 Å². The minimum absolute atomic E-state index is 0.233. The first-order valence-corrected chi connectivity index (χ1v) is 13.4. The summed E-state index contributed by atoms with van der Waals surface area (Å²) in [4.78, 5) is 17.5. The van der Waals surface area contributed by atoms with Crippen molar-refractivity contribution in [2.24, 2.45) is 5.92 Å². The van der Waals surface area contributed by atoms with Crippen LogP contribution in [0.5, 0.6) is 0 Å². The number of carbonyl (C=O) groups is 1. The molecule has 0 saturated heterocycles. The van der Waals surface area contributed by atoms with Crippen molar-refractivity contribution in [3.63, 3.8) is 0 Å². The van der Waals surface area contributed by atoms with Crippen LogP contribution in [0.25, 0.3) is 22.5 Å². The van der Waals surface area contributed by atoms with Gasteiger partial charge in [-0.25, -0.2) is 4.98 Å². The van der Waals surface area contributed by atoms with Crippen LogP contribution < -0.4 is 5.32 Å². The molecular weight excluding hydrogens is 426 g/mol. The molecule has 1 fully saturated rings. The topological polar surface area (TPSA) is 46.9 Å². The van der Waals surface area contributed by atoms with Gasteiger partial charge >= 0.3 is 0 Å². The number of nitrogens with zero attached hydrogens (tertiary/aromatic N) is 2. The zero-order chi connectivity index (χ0) is 22.9. The molecule has 0 radical (unpaired) electrons. The first kappa shape index (κ1) is 23.6. The maximum atomic E-state index is 12.4. The summed E-state index contributed by atoms with van der Waals surface area (Å²) < 4.78 is 2.38. The molecule has 33 heavy (non-hydrogen) atoms. The van der Waals surface area contributed by atoms with Crippen LogP contribution in [0, 0.1) is 5.92 Å². The van der Waals surface area contributed by atoms with Gasteiger partial charge in [0.2, 0.25) is 5.91 Å². The van der Waals surface area contributed by atoms with Gasteiger partial charge in [-0.1, -0.05) is 98.6 Å². The third-order valence-electron chi connectivity index (χ3n) is 6.30. The first-order valence-electron chi connectivity index (χ1n) is 12.4. The van der Waals surface area contributed by atoms with Crippen molar-refractivity contribution in [1.29, 1.82) is 0 Å². The number of amides is 1. The van der Waals surface area contributed by atoms with Crippen molar-refractivity contribution in [1.82, 2.24) is 14.9 Å². The third kappa shape index (κ3) is 6.08. The van der Waals surface area contributed by atoms with Crippen molar-refractivity contribution >= 4 is 17.7 Å². The standard InChI is InChI=1S/C28H35N3OS/c1-2-20-31-26(23-15-8-4-9-16-23)25(22-13-6-3-7-14-22)30-28(31)33-21-12-19-29-27(32)24-17-10-5-11-18-24/h3-4,6-9,13-16,24H,2,5,10-12,17-21H2,1H3,(H,29,32). The number of imidazole rings is 1. The van der Waals surface area contributed by atoms with E-state index in [1.807, 2.05) is 6.07 Å². The third-order valence-corrected chi connectivity index (χ3v) is 7.36. The van der Waals surface area contributed by atoms with Gasteiger partial charge < -0.3 is 9.88 Å². The Bertz CT molecular complexity index is 1010. The van der Waals surface area contributed by atoms with Crippen LogP contribution in [-0.2, 0) is 11.3 Å². The van der Waals surface area contributed by atoms with Crippen LogP contribution in [0.3, 0.4) is 0 Å². The smallest absolute Gasteiger partial charge is 0.223 e. The van der Waals surface area contributed by atoms with Crippen LogP contribution in [0.15, 0.2) is 65.8 Å². The molecule has 4 rings (SSSR count). The minimum atomic E-state index is 0.233. The Morgan fingerprint density at radius 3 is 2.33 bits per heavy atom. The Kier molecular flexibility index (Phi) is 8.65. The van der Waals surface area contributed by atoms with Gasteiger partial charge in [0.05, 0.1) is 11.4 Å². The fourth-order valence-electron chi connectivity index (χ4n) is 4.62. The van der Waals surface area contributed by atoms with Gasteiger partial charge in [0.25, 0.3) is 0 Å². The molecule has 1 N–H and O–H groups in total. The summed E-state index contributed by atoms with van der Waals surface area (Å²) in [5, 5.41) is 4.23. The molecule has 2 aromatic carbocycles. The molecule has 0 atom stereocenters. The lowest BCUT2D eigenvalue weighted by atomic mass is 9.89. The van der Waals surface area contributed by atoms with Crippen molar-refractivity contribution in [2.75, 3.05) is 12.3 Å². The van der Waals surface area contributed by atoms with Crippen molar-refractivity contribution in [2.45, 2.75) is 63.6 Å². The number of carbonyl (C=O) groups excluding carboxylic acids is 1. The number of thioether (sulfide) groups is 1. The number of aromatic nitrogens is 2. The number of hydrogen-bond donors (Lipinski definition) is 1. The molecule has 0 unspecified atom stereocenters. The summed E-state index contributed by atoms with van der Waals surface area (Å²) in [6, 6.07) is 21.1. The van der Waals surface area contributed by atoms with Gasteiger partial charge in [-0.3, -0.25) is 4.79 Å². The number of rotatable bonds is 10. The van der Waals surface area contributed by atoms with E-state index < -0.39 is 0 Å². The van der Waals surface area contributed by atoms with Crippen LogP contribution in [0.4, 0.5) is 0 Å². The molecule has 1 saturated carbocycles. The van der Waals surface area contributed by atoms with Crippen LogP contribution >= 0.6 is 11.8 Å². The average molecular weight is 462 g/mol. The molecule has 174 valence electrons. The molecular formula is C28H35N3OS. The van der Waals surface area contributed by atoms with Gasteiger partial charge in [-0.05, 0) is 25.7 Å². The normalized spacial score (nSPS) is 14.3. The molecule has 1 heterocycles. The second-order valence-electron chi connectivity index (χ2n) is 8.80. The minimum Gasteiger partial charge on any atom is -0.356 e. The predicted octanol–water partition coefficient (Wildman–Crippen LogP) is 6.81. The van der Waals surface area contributed by atoms with Gasteiger partial charge in [0.15, 0.2) is 5.16 Å². The van der Waals surface area contributed by atoms with E-state index in [4.69, 9.17) is 4.98 Å². The lowest BCUT2D eigenvalue weighted by molar-refractivity contribution is -0.125. The molecule has 0 spiro atoms. The molecule has 1 amide bonds. The van der Waals surface area contributed by atoms with Crippen LogP contribution in [0.1, 0.15) is 51.9 Å². The highest BCUT2D eigenvalue weighted by atomic mass is 32.2. The molecule has 1 aliphatic rings. The average Bonchev–Trinajstić information content (AvgIpc) is 3.23.